The number of hydrogen-bond acceptors (Lipinski definition) is 6. The smallest absolute Gasteiger partial charge is 0.306 e. The Morgan fingerprint density at radius 3 is 0.688 bits per heavy atom. The molecule has 80 heavy (non-hydrogen) atoms. The standard InChI is InChI=1S/C74H140O6/c1-4-7-10-13-16-18-20-22-24-26-28-30-32-34-35-36-37-38-39-41-42-44-46-48-50-52-54-56-58-61-64-67-73(76)79-70-71(69-78-72(75)66-63-60-15-12-9-6-3)80-74(77)68-65-62-59-57-55-53-51-49-47-45-43-40-33-31-29-27-25-23-21-19-17-14-11-8-5-2/h21,23,27,29,71H,4-20,22,24-26,28,30-70H2,1-3H3/b23-21-,29-27-. The van der Waals surface area contributed by atoms with E-state index in [1.165, 1.54) is 308 Å². The van der Waals surface area contributed by atoms with Gasteiger partial charge < -0.3 is 14.2 Å². The number of unbranched alkanes of at least 4 members (excludes halogenated alkanes) is 53. The lowest BCUT2D eigenvalue weighted by atomic mass is 10.0. The molecule has 0 saturated heterocycles. The second-order valence-corrected chi connectivity index (χ2v) is 24.9. The molecule has 0 spiro atoms. The van der Waals surface area contributed by atoms with Crippen LogP contribution in [0, 0.1) is 0 Å². The van der Waals surface area contributed by atoms with Gasteiger partial charge in [0.15, 0.2) is 6.10 Å². The summed E-state index contributed by atoms with van der Waals surface area (Å²) < 4.78 is 16.9. The number of ether oxygens (including phenoxy) is 3. The van der Waals surface area contributed by atoms with Gasteiger partial charge in [-0.3, -0.25) is 14.4 Å². The number of esters is 3. The summed E-state index contributed by atoms with van der Waals surface area (Å²) in [6, 6.07) is 0. The second-order valence-electron chi connectivity index (χ2n) is 24.9. The van der Waals surface area contributed by atoms with Crippen LogP contribution < -0.4 is 0 Å². The summed E-state index contributed by atoms with van der Waals surface area (Å²) >= 11 is 0. The Kier molecular flexibility index (Phi) is 67.6. The van der Waals surface area contributed by atoms with Gasteiger partial charge in [-0.1, -0.05) is 366 Å². The van der Waals surface area contributed by atoms with Crippen molar-refractivity contribution in [2.75, 3.05) is 13.2 Å². The zero-order chi connectivity index (χ0) is 57.8. The van der Waals surface area contributed by atoms with E-state index in [2.05, 4.69) is 45.1 Å². The predicted molar refractivity (Wildman–Crippen MR) is 349 cm³/mol. The van der Waals surface area contributed by atoms with Crippen molar-refractivity contribution in [3.05, 3.63) is 24.3 Å². The van der Waals surface area contributed by atoms with Gasteiger partial charge in [0.05, 0.1) is 0 Å². The lowest BCUT2D eigenvalue weighted by molar-refractivity contribution is -0.167. The molecule has 6 nitrogen and oxygen atoms in total. The lowest BCUT2D eigenvalue weighted by Crippen LogP contribution is -2.30. The Balaban J connectivity index is 3.94. The zero-order valence-electron chi connectivity index (χ0n) is 54.4. The van der Waals surface area contributed by atoms with E-state index in [4.69, 9.17) is 14.2 Å². The number of hydrogen-bond donors (Lipinski definition) is 0. The third-order valence-electron chi connectivity index (χ3n) is 16.7. The van der Waals surface area contributed by atoms with E-state index in [9.17, 15) is 14.4 Å². The number of allylic oxidation sites excluding steroid dienone is 4. The molecule has 0 aliphatic rings. The molecule has 0 N–H and O–H groups in total. The quantitative estimate of drug-likeness (QED) is 0.0261. The average Bonchev–Trinajstić information content (AvgIpc) is 3.46. The molecular weight excluding hydrogens is 985 g/mol. The van der Waals surface area contributed by atoms with E-state index in [1.807, 2.05) is 0 Å². The lowest BCUT2D eigenvalue weighted by Gasteiger charge is -2.18. The van der Waals surface area contributed by atoms with E-state index < -0.39 is 6.10 Å². The highest BCUT2D eigenvalue weighted by atomic mass is 16.6. The molecular formula is C74H140O6. The van der Waals surface area contributed by atoms with E-state index in [0.29, 0.717) is 19.3 Å². The van der Waals surface area contributed by atoms with Gasteiger partial charge in [-0.2, -0.15) is 0 Å². The van der Waals surface area contributed by atoms with Crippen molar-refractivity contribution in [3.8, 4) is 0 Å². The van der Waals surface area contributed by atoms with Gasteiger partial charge in [0, 0.05) is 19.3 Å². The molecule has 0 bridgehead atoms. The fourth-order valence-electron chi connectivity index (χ4n) is 11.2. The molecule has 0 saturated carbocycles. The maximum Gasteiger partial charge on any atom is 0.306 e. The fourth-order valence-corrected chi connectivity index (χ4v) is 11.2. The third-order valence-corrected chi connectivity index (χ3v) is 16.7. The van der Waals surface area contributed by atoms with Crippen molar-refractivity contribution >= 4 is 17.9 Å². The Morgan fingerprint density at radius 1 is 0.250 bits per heavy atom. The van der Waals surface area contributed by atoms with Gasteiger partial charge in [-0.15, -0.1) is 0 Å². The van der Waals surface area contributed by atoms with Crippen LogP contribution in [-0.4, -0.2) is 37.2 Å². The van der Waals surface area contributed by atoms with E-state index in [0.717, 1.165) is 64.2 Å². The molecule has 0 aromatic carbocycles. The third kappa shape index (κ3) is 66.7. The van der Waals surface area contributed by atoms with Crippen LogP contribution in [0.4, 0.5) is 0 Å². The molecule has 472 valence electrons. The Morgan fingerprint density at radius 2 is 0.450 bits per heavy atom. The minimum absolute atomic E-state index is 0.0657. The molecule has 1 unspecified atom stereocenters. The van der Waals surface area contributed by atoms with Crippen molar-refractivity contribution in [1.82, 2.24) is 0 Å². The zero-order valence-corrected chi connectivity index (χ0v) is 54.4. The van der Waals surface area contributed by atoms with E-state index in [-0.39, 0.29) is 31.1 Å². The summed E-state index contributed by atoms with van der Waals surface area (Å²) in [6.07, 6.45) is 85.5. The monoisotopic (exact) mass is 1130 g/mol. The Bertz CT molecular complexity index is 1290. The normalized spacial score (nSPS) is 12.1. The molecule has 1 atom stereocenters. The van der Waals surface area contributed by atoms with Gasteiger partial charge in [0.2, 0.25) is 0 Å². The molecule has 0 aliphatic carbocycles. The molecule has 0 rings (SSSR count). The van der Waals surface area contributed by atoms with Gasteiger partial charge in [-0.05, 0) is 51.4 Å². The van der Waals surface area contributed by atoms with E-state index >= 15 is 0 Å². The van der Waals surface area contributed by atoms with Crippen molar-refractivity contribution in [1.29, 1.82) is 0 Å². The number of rotatable bonds is 68. The summed E-state index contributed by atoms with van der Waals surface area (Å²) in [5.74, 6) is -0.848. The minimum atomic E-state index is -0.766. The van der Waals surface area contributed by atoms with Gasteiger partial charge in [0.1, 0.15) is 13.2 Å². The highest BCUT2D eigenvalue weighted by molar-refractivity contribution is 5.71. The van der Waals surface area contributed by atoms with Crippen LogP contribution in [0.25, 0.3) is 0 Å². The first kappa shape index (κ1) is 77.9. The maximum atomic E-state index is 12.9. The summed E-state index contributed by atoms with van der Waals surface area (Å²) in [7, 11) is 0. The fraction of sp³-hybridized carbons (Fsp3) is 0.905. The summed E-state index contributed by atoms with van der Waals surface area (Å²) in [6.45, 7) is 6.65. The first-order chi connectivity index (χ1) is 39.5. The summed E-state index contributed by atoms with van der Waals surface area (Å²) in [5.41, 5.74) is 0. The van der Waals surface area contributed by atoms with Gasteiger partial charge in [0.25, 0.3) is 0 Å². The average molecular weight is 1130 g/mol. The molecule has 0 aliphatic heterocycles. The summed E-state index contributed by atoms with van der Waals surface area (Å²) in [4.78, 5) is 38.1. The molecule has 0 amide bonds. The number of carbonyl (C=O) groups is 3. The molecule has 0 aromatic heterocycles. The van der Waals surface area contributed by atoms with E-state index in [1.54, 1.807) is 0 Å². The highest BCUT2D eigenvalue weighted by Gasteiger charge is 2.19. The van der Waals surface area contributed by atoms with Crippen molar-refractivity contribution in [2.45, 2.75) is 419 Å². The van der Waals surface area contributed by atoms with Gasteiger partial charge >= 0.3 is 17.9 Å². The van der Waals surface area contributed by atoms with Crippen LogP contribution in [0.2, 0.25) is 0 Å². The van der Waals surface area contributed by atoms with Gasteiger partial charge in [-0.25, -0.2) is 0 Å². The minimum Gasteiger partial charge on any atom is -0.462 e. The van der Waals surface area contributed by atoms with Crippen LogP contribution >= 0.6 is 0 Å². The molecule has 6 heteroatoms. The first-order valence-corrected chi connectivity index (χ1v) is 36.3. The largest absolute Gasteiger partial charge is 0.462 e. The molecule has 0 radical (unpaired) electrons. The SMILES string of the molecule is CCCCCCC/C=C\C/C=C\CCCCCCCCCCCCCCCC(=O)OC(COC(=O)CCCCCCCC)COC(=O)CCCCCCCCCCCCCCCCCCCCCCCCCCCCCCCCC. The molecule has 0 fully saturated rings. The van der Waals surface area contributed by atoms with Crippen molar-refractivity contribution < 1.29 is 28.6 Å². The Labute approximate surface area is 500 Å². The highest BCUT2D eigenvalue weighted by Crippen LogP contribution is 2.19. The van der Waals surface area contributed by atoms with Crippen LogP contribution in [0.15, 0.2) is 24.3 Å². The Hall–Kier alpha value is -2.11. The van der Waals surface area contributed by atoms with Crippen LogP contribution in [-0.2, 0) is 28.6 Å². The van der Waals surface area contributed by atoms with Crippen molar-refractivity contribution in [3.63, 3.8) is 0 Å². The predicted octanol–water partition coefficient (Wildman–Crippen LogP) is 25.0. The van der Waals surface area contributed by atoms with Crippen LogP contribution in [0.1, 0.15) is 412 Å². The topological polar surface area (TPSA) is 78.9 Å². The number of carbonyl (C=O) groups excluding carboxylic acids is 3. The summed E-state index contributed by atoms with van der Waals surface area (Å²) in [5, 5.41) is 0. The maximum absolute atomic E-state index is 12.9. The molecule has 0 heterocycles. The second kappa shape index (κ2) is 69.4. The first-order valence-electron chi connectivity index (χ1n) is 36.3. The van der Waals surface area contributed by atoms with Crippen LogP contribution in [0.5, 0.6) is 0 Å². The van der Waals surface area contributed by atoms with Crippen molar-refractivity contribution in [2.24, 2.45) is 0 Å². The molecule has 0 aromatic rings. The van der Waals surface area contributed by atoms with Crippen LogP contribution in [0.3, 0.4) is 0 Å².